The Morgan fingerprint density at radius 3 is 2.38 bits per heavy atom. The van der Waals surface area contributed by atoms with Crippen molar-refractivity contribution >= 4 is 5.69 Å². The fourth-order valence-corrected chi connectivity index (χ4v) is 1.52. The number of nitro groups is 1. The Morgan fingerprint density at radius 1 is 1.38 bits per heavy atom. The van der Waals surface area contributed by atoms with Crippen LogP contribution in [0.4, 0.5) is 5.69 Å². The lowest BCUT2D eigenvalue weighted by molar-refractivity contribution is -0.385. The average molecular weight is 222 g/mol. The van der Waals surface area contributed by atoms with Gasteiger partial charge in [0.1, 0.15) is 0 Å². The zero-order valence-electron chi connectivity index (χ0n) is 10.2. The lowest BCUT2D eigenvalue weighted by Crippen LogP contribution is -2.26. The summed E-state index contributed by atoms with van der Waals surface area (Å²) in [7, 11) is 0. The monoisotopic (exact) mass is 222 g/mol. The van der Waals surface area contributed by atoms with Gasteiger partial charge in [-0.05, 0) is 17.9 Å². The molecule has 0 bridgehead atoms. The van der Waals surface area contributed by atoms with Gasteiger partial charge in [0.15, 0.2) is 0 Å². The van der Waals surface area contributed by atoms with E-state index < -0.39 is 0 Å². The van der Waals surface area contributed by atoms with E-state index in [0.717, 1.165) is 5.56 Å². The molecular formula is C12H18N2O2. The summed E-state index contributed by atoms with van der Waals surface area (Å²) in [5.74, 6) is 0. The van der Waals surface area contributed by atoms with Gasteiger partial charge in [-0.3, -0.25) is 10.1 Å². The van der Waals surface area contributed by atoms with Crippen LogP contribution in [0.2, 0.25) is 0 Å². The Labute approximate surface area is 95.6 Å². The van der Waals surface area contributed by atoms with Gasteiger partial charge in [-0.2, -0.15) is 0 Å². The molecule has 2 N–H and O–H groups in total. The zero-order valence-corrected chi connectivity index (χ0v) is 10.2. The van der Waals surface area contributed by atoms with Crippen LogP contribution in [0.15, 0.2) is 18.2 Å². The Morgan fingerprint density at radius 2 is 1.94 bits per heavy atom. The molecule has 1 atom stereocenters. The van der Waals surface area contributed by atoms with Crippen molar-refractivity contribution in [2.75, 3.05) is 0 Å². The molecule has 4 nitrogen and oxygen atoms in total. The zero-order chi connectivity index (χ0) is 12.5. The third-order valence-electron chi connectivity index (χ3n) is 2.72. The number of hydrogen-bond donors (Lipinski definition) is 1. The molecule has 4 heteroatoms. The highest BCUT2D eigenvalue weighted by Gasteiger charge is 2.24. The van der Waals surface area contributed by atoms with Crippen molar-refractivity contribution in [2.24, 2.45) is 11.1 Å². The van der Waals surface area contributed by atoms with Gasteiger partial charge in [-0.25, -0.2) is 0 Å². The second-order valence-corrected chi connectivity index (χ2v) is 5.15. The maximum absolute atomic E-state index is 10.8. The highest BCUT2D eigenvalue weighted by Crippen LogP contribution is 2.32. The van der Waals surface area contributed by atoms with E-state index in [0.29, 0.717) is 5.56 Å². The normalized spacial score (nSPS) is 13.6. The van der Waals surface area contributed by atoms with Gasteiger partial charge >= 0.3 is 0 Å². The van der Waals surface area contributed by atoms with E-state index in [1.54, 1.807) is 19.1 Å². The average Bonchev–Trinajstić information content (AvgIpc) is 2.15. The minimum absolute atomic E-state index is 0.108. The molecule has 0 aliphatic heterocycles. The van der Waals surface area contributed by atoms with Crippen LogP contribution in [0.1, 0.15) is 37.9 Å². The van der Waals surface area contributed by atoms with E-state index in [1.165, 1.54) is 0 Å². The number of hydrogen-bond acceptors (Lipinski definition) is 3. The largest absolute Gasteiger partial charge is 0.324 e. The quantitative estimate of drug-likeness (QED) is 0.617. The molecule has 0 fully saturated rings. The Balaban J connectivity index is 3.18. The molecule has 0 unspecified atom stereocenters. The van der Waals surface area contributed by atoms with Gasteiger partial charge in [0.05, 0.1) is 4.92 Å². The maximum Gasteiger partial charge on any atom is 0.272 e. The lowest BCUT2D eigenvalue weighted by atomic mass is 9.83. The molecule has 0 radical (unpaired) electrons. The second kappa shape index (κ2) is 4.22. The first kappa shape index (κ1) is 12.6. The van der Waals surface area contributed by atoms with Crippen LogP contribution in [-0.4, -0.2) is 4.92 Å². The first-order valence-corrected chi connectivity index (χ1v) is 5.24. The molecule has 0 amide bonds. The van der Waals surface area contributed by atoms with Crippen molar-refractivity contribution in [3.05, 3.63) is 39.4 Å². The smallest absolute Gasteiger partial charge is 0.272 e. The molecule has 0 aliphatic carbocycles. The van der Waals surface area contributed by atoms with Crippen molar-refractivity contribution in [3.63, 3.8) is 0 Å². The highest BCUT2D eigenvalue weighted by molar-refractivity contribution is 5.43. The Bertz CT molecular complexity index is 408. The van der Waals surface area contributed by atoms with Gasteiger partial charge in [-0.15, -0.1) is 0 Å². The van der Waals surface area contributed by atoms with Crippen LogP contribution in [0.3, 0.4) is 0 Å². The van der Waals surface area contributed by atoms with Crippen LogP contribution in [-0.2, 0) is 0 Å². The molecule has 1 aromatic rings. The SMILES string of the molecule is Cc1ccc([C@H](N)C(C)(C)C)cc1[N+](=O)[O-]. The van der Waals surface area contributed by atoms with E-state index in [1.807, 2.05) is 26.8 Å². The van der Waals surface area contributed by atoms with Crippen molar-refractivity contribution < 1.29 is 4.92 Å². The molecule has 0 saturated carbocycles. The lowest BCUT2D eigenvalue weighted by Gasteiger charge is -2.27. The predicted octanol–water partition coefficient (Wildman–Crippen LogP) is 2.95. The van der Waals surface area contributed by atoms with E-state index in [4.69, 9.17) is 5.73 Å². The van der Waals surface area contributed by atoms with Crippen molar-refractivity contribution in [1.82, 2.24) is 0 Å². The summed E-state index contributed by atoms with van der Waals surface area (Å²) in [5.41, 5.74) is 7.57. The summed E-state index contributed by atoms with van der Waals surface area (Å²) in [6.07, 6.45) is 0. The third-order valence-corrected chi connectivity index (χ3v) is 2.72. The van der Waals surface area contributed by atoms with Crippen LogP contribution < -0.4 is 5.73 Å². The van der Waals surface area contributed by atoms with Gasteiger partial charge in [0, 0.05) is 17.7 Å². The fraction of sp³-hybridized carbons (Fsp3) is 0.500. The van der Waals surface area contributed by atoms with E-state index in [2.05, 4.69) is 0 Å². The molecular weight excluding hydrogens is 204 g/mol. The number of aryl methyl sites for hydroxylation is 1. The minimum Gasteiger partial charge on any atom is -0.324 e. The van der Waals surface area contributed by atoms with Crippen LogP contribution in [0, 0.1) is 22.5 Å². The molecule has 0 heterocycles. The fourth-order valence-electron chi connectivity index (χ4n) is 1.52. The van der Waals surface area contributed by atoms with Crippen LogP contribution >= 0.6 is 0 Å². The van der Waals surface area contributed by atoms with E-state index >= 15 is 0 Å². The number of nitrogens with zero attached hydrogens (tertiary/aromatic N) is 1. The number of nitrogens with two attached hydrogens (primary N) is 1. The Kier molecular flexibility index (Phi) is 3.33. The van der Waals surface area contributed by atoms with Gasteiger partial charge in [0.25, 0.3) is 5.69 Å². The van der Waals surface area contributed by atoms with Crippen molar-refractivity contribution in [2.45, 2.75) is 33.7 Å². The van der Waals surface area contributed by atoms with Crippen molar-refractivity contribution in [3.8, 4) is 0 Å². The summed E-state index contributed by atoms with van der Waals surface area (Å²) in [6.45, 7) is 7.78. The summed E-state index contributed by atoms with van der Waals surface area (Å²) in [6, 6.07) is 4.98. The first-order valence-electron chi connectivity index (χ1n) is 5.24. The van der Waals surface area contributed by atoms with Gasteiger partial charge < -0.3 is 5.73 Å². The van der Waals surface area contributed by atoms with E-state index in [9.17, 15) is 10.1 Å². The van der Waals surface area contributed by atoms with Crippen LogP contribution in [0.25, 0.3) is 0 Å². The molecule has 0 spiro atoms. The summed E-state index contributed by atoms with van der Waals surface area (Å²) >= 11 is 0. The first-order chi connectivity index (χ1) is 7.23. The molecule has 88 valence electrons. The molecule has 16 heavy (non-hydrogen) atoms. The third kappa shape index (κ3) is 2.58. The number of benzene rings is 1. The second-order valence-electron chi connectivity index (χ2n) is 5.15. The molecule has 1 aromatic carbocycles. The van der Waals surface area contributed by atoms with Crippen molar-refractivity contribution in [1.29, 1.82) is 0 Å². The number of rotatable bonds is 2. The summed E-state index contributed by atoms with van der Waals surface area (Å²) < 4.78 is 0. The minimum atomic E-state index is -0.367. The number of nitro benzene ring substituents is 1. The predicted molar refractivity (Wildman–Crippen MR) is 64.2 cm³/mol. The highest BCUT2D eigenvalue weighted by atomic mass is 16.6. The summed E-state index contributed by atoms with van der Waals surface area (Å²) in [5, 5.41) is 10.8. The van der Waals surface area contributed by atoms with Gasteiger partial charge in [0.2, 0.25) is 0 Å². The molecule has 0 saturated heterocycles. The standard InChI is InChI=1S/C12H18N2O2/c1-8-5-6-9(7-10(8)14(15)16)11(13)12(2,3)4/h5-7,11H,13H2,1-4H3/t11-/m0/s1. The Hall–Kier alpha value is -1.42. The van der Waals surface area contributed by atoms with Gasteiger partial charge in [-0.1, -0.05) is 32.9 Å². The molecule has 0 aromatic heterocycles. The maximum atomic E-state index is 10.8. The topological polar surface area (TPSA) is 69.2 Å². The molecule has 0 aliphatic rings. The molecule has 1 rings (SSSR count). The van der Waals surface area contributed by atoms with E-state index in [-0.39, 0.29) is 22.1 Å². The van der Waals surface area contributed by atoms with Crippen LogP contribution in [0.5, 0.6) is 0 Å². The summed E-state index contributed by atoms with van der Waals surface area (Å²) in [4.78, 5) is 10.4.